The Bertz CT molecular complexity index is 976. The van der Waals surface area contributed by atoms with Crippen LogP contribution in [0.15, 0.2) is 67.0 Å². The molecule has 3 aromatic rings. The molecule has 1 N–H and O–H groups in total. The Labute approximate surface area is 175 Å². The smallest absolute Gasteiger partial charge is 0.226 e. The summed E-state index contributed by atoms with van der Waals surface area (Å²) in [5.74, 6) is 0.815. The molecule has 4 rings (SSSR count). The van der Waals surface area contributed by atoms with Crippen LogP contribution in [0.2, 0.25) is 0 Å². The maximum atomic E-state index is 12.2. The molecular weight excluding hydrogens is 378 g/mol. The predicted molar refractivity (Wildman–Crippen MR) is 118 cm³/mol. The minimum absolute atomic E-state index is 0.105. The van der Waals surface area contributed by atoms with Gasteiger partial charge in [-0.25, -0.2) is 4.98 Å². The zero-order valence-corrected chi connectivity index (χ0v) is 16.8. The van der Waals surface area contributed by atoms with Crippen molar-refractivity contribution in [3.05, 3.63) is 72.7 Å². The fourth-order valence-electron chi connectivity index (χ4n) is 3.66. The molecule has 3 heterocycles. The van der Waals surface area contributed by atoms with Crippen molar-refractivity contribution >= 4 is 29.4 Å². The third kappa shape index (κ3) is 4.68. The van der Waals surface area contributed by atoms with E-state index in [0.29, 0.717) is 24.3 Å². The average Bonchev–Trinajstić information content (AvgIpc) is 3.27. The molecule has 30 heavy (non-hydrogen) atoms. The van der Waals surface area contributed by atoms with E-state index in [1.165, 1.54) is 5.69 Å². The number of para-hydroxylation sites is 1. The number of aldehydes is 1. The molecule has 0 radical (unpaired) electrons. The van der Waals surface area contributed by atoms with Gasteiger partial charge < -0.3 is 19.7 Å². The summed E-state index contributed by atoms with van der Waals surface area (Å²) in [5, 5.41) is 2.87. The van der Waals surface area contributed by atoms with Crippen molar-refractivity contribution in [2.45, 2.75) is 13.0 Å². The van der Waals surface area contributed by atoms with Crippen LogP contribution in [0.3, 0.4) is 0 Å². The Morgan fingerprint density at radius 3 is 2.43 bits per heavy atom. The lowest BCUT2D eigenvalue weighted by molar-refractivity contribution is -0.116. The van der Waals surface area contributed by atoms with Crippen LogP contribution in [0.4, 0.5) is 17.2 Å². The summed E-state index contributed by atoms with van der Waals surface area (Å²) >= 11 is 0. The van der Waals surface area contributed by atoms with Gasteiger partial charge in [0, 0.05) is 51.0 Å². The van der Waals surface area contributed by atoms with Gasteiger partial charge in [-0.1, -0.05) is 18.2 Å². The number of pyridine rings is 1. The molecule has 0 atom stereocenters. The quantitative estimate of drug-likeness (QED) is 0.614. The van der Waals surface area contributed by atoms with E-state index >= 15 is 0 Å². The highest BCUT2D eigenvalue weighted by Crippen LogP contribution is 2.20. The molecule has 0 aliphatic carbocycles. The van der Waals surface area contributed by atoms with Crippen molar-refractivity contribution < 1.29 is 9.59 Å². The average molecular weight is 403 g/mol. The standard InChI is InChI=1S/C23H25N5O2/c29-18-21-7-4-11-26(21)12-10-23(30)25-19-8-9-22(24-17-19)28-15-13-27(14-16-28)20-5-2-1-3-6-20/h1-9,11,17-18H,10,12-16H2,(H,25,30). The Morgan fingerprint density at radius 1 is 0.967 bits per heavy atom. The summed E-state index contributed by atoms with van der Waals surface area (Å²) in [6, 6.07) is 17.8. The van der Waals surface area contributed by atoms with Crippen LogP contribution in [0.5, 0.6) is 0 Å². The minimum Gasteiger partial charge on any atom is -0.368 e. The van der Waals surface area contributed by atoms with Crippen LogP contribution in [0, 0.1) is 0 Å². The van der Waals surface area contributed by atoms with Crippen LogP contribution in [-0.2, 0) is 11.3 Å². The Kier molecular flexibility index (Phi) is 6.08. The third-order valence-electron chi connectivity index (χ3n) is 5.32. The van der Waals surface area contributed by atoms with Gasteiger partial charge in [-0.15, -0.1) is 0 Å². The number of hydrogen-bond acceptors (Lipinski definition) is 5. The summed E-state index contributed by atoms with van der Waals surface area (Å²) in [4.78, 5) is 32.3. The van der Waals surface area contributed by atoms with E-state index in [1.807, 2.05) is 18.2 Å². The second-order valence-electron chi connectivity index (χ2n) is 7.26. The molecule has 1 aromatic carbocycles. The first-order chi connectivity index (χ1) is 14.7. The summed E-state index contributed by atoms with van der Waals surface area (Å²) in [6.07, 6.45) is 4.58. The molecule has 1 amide bonds. The van der Waals surface area contributed by atoms with E-state index in [0.717, 1.165) is 38.3 Å². The van der Waals surface area contributed by atoms with Crippen molar-refractivity contribution in [1.29, 1.82) is 0 Å². The summed E-state index contributed by atoms with van der Waals surface area (Å²) in [7, 11) is 0. The van der Waals surface area contributed by atoms with E-state index in [4.69, 9.17) is 0 Å². The lowest BCUT2D eigenvalue weighted by Crippen LogP contribution is -2.46. The lowest BCUT2D eigenvalue weighted by Gasteiger charge is -2.36. The van der Waals surface area contributed by atoms with Gasteiger partial charge in [-0.3, -0.25) is 9.59 Å². The van der Waals surface area contributed by atoms with E-state index in [1.54, 1.807) is 29.1 Å². The highest BCUT2D eigenvalue weighted by Gasteiger charge is 2.18. The number of hydrogen-bond donors (Lipinski definition) is 1. The molecule has 1 aliphatic rings. The van der Waals surface area contributed by atoms with Gasteiger partial charge in [0.2, 0.25) is 5.91 Å². The van der Waals surface area contributed by atoms with Gasteiger partial charge in [0.15, 0.2) is 6.29 Å². The molecule has 1 fully saturated rings. The molecular formula is C23H25N5O2. The van der Waals surface area contributed by atoms with Gasteiger partial charge in [0.25, 0.3) is 0 Å². The first-order valence-electron chi connectivity index (χ1n) is 10.1. The maximum absolute atomic E-state index is 12.2. The molecule has 2 aromatic heterocycles. The fourth-order valence-corrected chi connectivity index (χ4v) is 3.66. The number of carbonyl (C=O) groups is 2. The van der Waals surface area contributed by atoms with Crippen molar-refractivity contribution in [2.24, 2.45) is 0 Å². The summed E-state index contributed by atoms with van der Waals surface area (Å²) in [5.41, 5.74) is 2.50. The highest BCUT2D eigenvalue weighted by atomic mass is 16.1. The molecule has 0 spiro atoms. The topological polar surface area (TPSA) is 70.5 Å². The van der Waals surface area contributed by atoms with Gasteiger partial charge in [-0.05, 0) is 36.4 Å². The number of anilines is 3. The molecule has 0 unspecified atom stereocenters. The number of carbonyl (C=O) groups excluding carboxylic acids is 2. The molecule has 154 valence electrons. The number of aromatic nitrogens is 2. The third-order valence-corrected chi connectivity index (χ3v) is 5.32. The maximum Gasteiger partial charge on any atom is 0.226 e. The Morgan fingerprint density at radius 2 is 1.73 bits per heavy atom. The first kappa shape index (κ1) is 19.7. The number of rotatable bonds is 7. The number of benzene rings is 1. The molecule has 7 heteroatoms. The lowest BCUT2D eigenvalue weighted by atomic mass is 10.2. The highest BCUT2D eigenvalue weighted by molar-refractivity contribution is 5.90. The second kappa shape index (κ2) is 9.26. The minimum atomic E-state index is -0.105. The SMILES string of the molecule is O=Cc1cccn1CCC(=O)Nc1ccc(N2CCN(c3ccccc3)CC2)nc1. The van der Waals surface area contributed by atoms with E-state index in [9.17, 15) is 9.59 Å². The van der Waals surface area contributed by atoms with Gasteiger partial charge >= 0.3 is 0 Å². The summed E-state index contributed by atoms with van der Waals surface area (Å²) in [6.45, 7) is 4.18. The Balaban J connectivity index is 1.27. The molecule has 1 saturated heterocycles. The van der Waals surface area contributed by atoms with Gasteiger partial charge in [0.1, 0.15) is 5.82 Å². The van der Waals surface area contributed by atoms with Crippen molar-refractivity contribution in [2.75, 3.05) is 41.3 Å². The molecule has 1 aliphatic heterocycles. The number of amides is 1. The van der Waals surface area contributed by atoms with Crippen molar-refractivity contribution in [3.63, 3.8) is 0 Å². The molecule has 0 bridgehead atoms. The summed E-state index contributed by atoms with van der Waals surface area (Å²) < 4.78 is 1.77. The fraction of sp³-hybridized carbons (Fsp3) is 0.261. The zero-order valence-electron chi connectivity index (χ0n) is 16.8. The normalized spacial score (nSPS) is 13.9. The van der Waals surface area contributed by atoms with Crippen LogP contribution in [0.25, 0.3) is 0 Å². The first-order valence-corrected chi connectivity index (χ1v) is 10.1. The Hall–Kier alpha value is -3.61. The van der Waals surface area contributed by atoms with E-state index < -0.39 is 0 Å². The van der Waals surface area contributed by atoms with Crippen LogP contribution >= 0.6 is 0 Å². The van der Waals surface area contributed by atoms with E-state index in [2.05, 4.69) is 44.4 Å². The number of piperazine rings is 1. The molecule has 7 nitrogen and oxygen atoms in total. The van der Waals surface area contributed by atoms with Crippen molar-refractivity contribution in [3.8, 4) is 0 Å². The predicted octanol–water partition coefficient (Wildman–Crippen LogP) is 3.05. The molecule has 0 saturated carbocycles. The number of aryl methyl sites for hydroxylation is 1. The largest absolute Gasteiger partial charge is 0.368 e. The van der Waals surface area contributed by atoms with Gasteiger partial charge in [-0.2, -0.15) is 0 Å². The zero-order chi connectivity index (χ0) is 20.8. The van der Waals surface area contributed by atoms with Crippen LogP contribution in [0.1, 0.15) is 16.9 Å². The monoisotopic (exact) mass is 403 g/mol. The van der Waals surface area contributed by atoms with Crippen LogP contribution in [-0.4, -0.2) is 47.9 Å². The number of nitrogens with zero attached hydrogens (tertiary/aromatic N) is 4. The number of nitrogens with one attached hydrogen (secondary N) is 1. The van der Waals surface area contributed by atoms with Gasteiger partial charge in [0.05, 0.1) is 17.6 Å². The second-order valence-corrected chi connectivity index (χ2v) is 7.26. The van der Waals surface area contributed by atoms with Crippen LogP contribution < -0.4 is 15.1 Å². The van der Waals surface area contributed by atoms with Crippen molar-refractivity contribution in [1.82, 2.24) is 9.55 Å². The van der Waals surface area contributed by atoms with E-state index in [-0.39, 0.29) is 5.91 Å².